The second-order valence-electron chi connectivity index (χ2n) is 8.57. The van der Waals surface area contributed by atoms with Crippen LogP contribution in [0.2, 0.25) is 10.0 Å². The number of hydrogen-bond donors (Lipinski definition) is 1. The highest BCUT2D eigenvalue weighted by molar-refractivity contribution is 7.92. The zero-order chi connectivity index (χ0) is 25.0. The van der Waals surface area contributed by atoms with Crippen LogP contribution in [0.4, 0.5) is 17.1 Å². The smallest absolute Gasteiger partial charge is 0.264 e. The SMILES string of the molecule is Cc1ccc(S(=O)(=O)N(CC(=O)Nc2ccc(N3CCCCC3)cc2)c2ccc(Cl)c(Cl)c2)cc1. The van der Waals surface area contributed by atoms with E-state index in [-0.39, 0.29) is 15.6 Å². The predicted octanol–water partition coefficient (Wildman–Crippen LogP) is 6.13. The molecule has 184 valence electrons. The van der Waals surface area contributed by atoms with Gasteiger partial charge in [-0.1, -0.05) is 40.9 Å². The van der Waals surface area contributed by atoms with Gasteiger partial charge < -0.3 is 10.2 Å². The summed E-state index contributed by atoms with van der Waals surface area (Å²) in [6.07, 6.45) is 3.61. The van der Waals surface area contributed by atoms with E-state index in [4.69, 9.17) is 23.2 Å². The Hall–Kier alpha value is -2.74. The highest BCUT2D eigenvalue weighted by Gasteiger charge is 2.28. The van der Waals surface area contributed by atoms with Crippen LogP contribution in [0.1, 0.15) is 24.8 Å². The van der Waals surface area contributed by atoms with Gasteiger partial charge in [0.05, 0.1) is 20.6 Å². The van der Waals surface area contributed by atoms with E-state index < -0.39 is 22.5 Å². The van der Waals surface area contributed by atoms with Crippen LogP contribution in [-0.4, -0.2) is 34.0 Å². The standard InChI is InChI=1S/C26H27Cl2N3O3S/c1-19-5-12-23(13-6-19)35(33,34)31(22-11-14-24(27)25(28)17-22)18-26(32)29-20-7-9-21(10-8-20)30-15-3-2-4-16-30/h5-14,17H,2-4,15-16,18H2,1H3,(H,29,32). The molecule has 3 aromatic carbocycles. The Balaban J connectivity index is 1.56. The Labute approximate surface area is 216 Å². The number of rotatable bonds is 7. The predicted molar refractivity (Wildman–Crippen MR) is 143 cm³/mol. The van der Waals surface area contributed by atoms with Crippen molar-refractivity contribution in [2.75, 3.05) is 34.2 Å². The van der Waals surface area contributed by atoms with Crippen molar-refractivity contribution in [2.45, 2.75) is 31.1 Å². The molecule has 0 spiro atoms. The summed E-state index contributed by atoms with van der Waals surface area (Å²) in [7, 11) is -4.04. The second kappa shape index (κ2) is 10.9. The van der Waals surface area contributed by atoms with Gasteiger partial charge in [0.25, 0.3) is 10.0 Å². The van der Waals surface area contributed by atoms with Gasteiger partial charge in [0.1, 0.15) is 6.54 Å². The molecule has 0 unspecified atom stereocenters. The number of carbonyl (C=O) groups is 1. The molecule has 0 aliphatic carbocycles. The van der Waals surface area contributed by atoms with E-state index >= 15 is 0 Å². The minimum Gasteiger partial charge on any atom is -0.372 e. The molecule has 1 aliphatic heterocycles. The molecule has 1 heterocycles. The molecule has 4 rings (SSSR count). The number of sulfonamides is 1. The molecule has 0 atom stereocenters. The van der Waals surface area contributed by atoms with Crippen molar-refractivity contribution in [1.29, 1.82) is 0 Å². The van der Waals surface area contributed by atoms with E-state index in [0.717, 1.165) is 28.6 Å². The minimum atomic E-state index is -4.04. The van der Waals surface area contributed by atoms with Gasteiger partial charge in [-0.2, -0.15) is 0 Å². The Morgan fingerprint density at radius 3 is 2.20 bits per heavy atom. The number of hydrogen-bond acceptors (Lipinski definition) is 4. The summed E-state index contributed by atoms with van der Waals surface area (Å²) in [5.41, 5.74) is 2.88. The Bertz CT molecular complexity index is 1290. The highest BCUT2D eigenvalue weighted by Crippen LogP contribution is 2.31. The molecule has 9 heteroatoms. The van der Waals surface area contributed by atoms with Gasteiger partial charge >= 0.3 is 0 Å². The van der Waals surface area contributed by atoms with Crippen LogP contribution in [0.15, 0.2) is 71.6 Å². The number of carbonyl (C=O) groups excluding carboxylic acids is 1. The summed E-state index contributed by atoms with van der Waals surface area (Å²) < 4.78 is 28.1. The topological polar surface area (TPSA) is 69.7 Å². The first-order chi connectivity index (χ1) is 16.7. The average Bonchev–Trinajstić information content (AvgIpc) is 2.85. The molecule has 1 N–H and O–H groups in total. The van der Waals surface area contributed by atoms with Crippen molar-refractivity contribution in [3.05, 3.63) is 82.3 Å². The first kappa shape index (κ1) is 25.4. The number of aryl methyl sites for hydroxylation is 1. The first-order valence-corrected chi connectivity index (χ1v) is 13.6. The molecule has 0 aromatic heterocycles. The summed E-state index contributed by atoms with van der Waals surface area (Å²) in [6, 6.07) is 18.6. The summed E-state index contributed by atoms with van der Waals surface area (Å²) in [5, 5.41) is 3.30. The molecule has 1 fully saturated rings. The van der Waals surface area contributed by atoms with Crippen molar-refractivity contribution >= 4 is 56.2 Å². The zero-order valence-corrected chi connectivity index (χ0v) is 21.7. The van der Waals surface area contributed by atoms with Crippen LogP contribution >= 0.6 is 23.2 Å². The molecule has 1 aliphatic rings. The third kappa shape index (κ3) is 6.10. The maximum absolute atomic E-state index is 13.5. The van der Waals surface area contributed by atoms with Gasteiger partial charge in [0.2, 0.25) is 5.91 Å². The van der Waals surface area contributed by atoms with E-state index in [9.17, 15) is 13.2 Å². The molecule has 0 saturated carbocycles. The van der Waals surface area contributed by atoms with Crippen molar-refractivity contribution in [1.82, 2.24) is 0 Å². The van der Waals surface area contributed by atoms with Crippen molar-refractivity contribution in [3.8, 4) is 0 Å². The third-order valence-electron chi connectivity index (χ3n) is 5.96. The van der Waals surface area contributed by atoms with Gasteiger partial charge in [-0.15, -0.1) is 0 Å². The van der Waals surface area contributed by atoms with Gasteiger partial charge in [0.15, 0.2) is 0 Å². The van der Waals surface area contributed by atoms with E-state index in [0.29, 0.717) is 10.7 Å². The van der Waals surface area contributed by atoms with Crippen LogP contribution in [0.3, 0.4) is 0 Å². The zero-order valence-electron chi connectivity index (χ0n) is 19.4. The molecule has 1 amide bonds. The van der Waals surface area contributed by atoms with Gasteiger partial charge in [-0.05, 0) is 80.8 Å². The maximum atomic E-state index is 13.5. The van der Waals surface area contributed by atoms with Crippen LogP contribution in [0.25, 0.3) is 0 Å². The van der Waals surface area contributed by atoms with Gasteiger partial charge in [-0.25, -0.2) is 8.42 Å². The molecule has 3 aromatic rings. The fourth-order valence-electron chi connectivity index (χ4n) is 4.03. The fourth-order valence-corrected chi connectivity index (χ4v) is 5.74. The molecular weight excluding hydrogens is 505 g/mol. The number of halogens is 2. The summed E-state index contributed by atoms with van der Waals surface area (Å²) in [6.45, 7) is 3.50. The fraction of sp³-hybridized carbons (Fsp3) is 0.269. The molecule has 1 saturated heterocycles. The monoisotopic (exact) mass is 531 g/mol. The average molecular weight is 532 g/mol. The van der Waals surface area contributed by atoms with Crippen LogP contribution in [0.5, 0.6) is 0 Å². The molecule has 6 nitrogen and oxygen atoms in total. The number of nitrogens with zero attached hydrogens (tertiary/aromatic N) is 2. The van der Waals surface area contributed by atoms with Crippen LogP contribution < -0.4 is 14.5 Å². The normalized spacial score (nSPS) is 14.0. The Kier molecular flexibility index (Phi) is 7.89. The first-order valence-electron chi connectivity index (χ1n) is 11.4. The maximum Gasteiger partial charge on any atom is 0.264 e. The lowest BCUT2D eigenvalue weighted by molar-refractivity contribution is -0.114. The van der Waals surface area contributed by atoms with E-state index in [1.807, 2.05) is 31.2 Å². The molecule has 0 bridgehead atoms. The quantitative estimate of drug-likeness (QED) is 0.398. The molecule has 0 radical (unpaired) electrons. The van der Waals surface area contributed by atoms with Crippen LogP contribution in [-0.2, 0) is 14.8 Å². The van der Waals surface area contributed by atoms with Crippen molar-refractivity contribution in [3.63, 3.8) is 0 Å². The number of anilines is 3. The van der Waals surface area contributed by atoms with Gasteiger partial charge in [-0.3, -0.25) is 9.10 Å². The molecular formula is C26H27Cl2N3O3S. The number of benzene rings is 3. The van der Waals surface area contributed by atoms with E-state index in [1.54, 1.807) is 12.1 Å². The van der Waals surface area contributed by atoms with Crippen molar-refractivity contribution in [2.24, 2.45) is 0 Å². The lowest BCUT2D eigenvalue weighted by Crippen LogP contribution is -2.38. The number of amides is 1. The third-order valence-corrected chi connectivity index (χ3v) is 8.49. The highest BCUT2D eigenvalue weighted by atomic mass is 35.5. The Morgan fingerprint density at radius 2 is 1.57 bits per heavy atom. The molecule has 35 heavy (non-hydrogen) atoms. The van der Waals surface area contributed by atoms with Crippen molar-refractivity contribution < 1.29 is 13.2 Å². The van der Waals surface area contributed by atoms with E-state index in [1.165, 1.54) is 49.6 Å². The lowest BCUT2D eigenvalue weighted by Gasteiger charge is -2.29. The van der Waals surface area contributed by atoms with E-state index in [2.05, 4.69) is 10.2 Å². The van der Waals surface area contributed by atoms with Gasteiger partial charge in [0, 0.05) is 24.5 Å². The summed E-state index contributed by atoms with van der Waals surface area (Å²) in [5.74, 6) is -0.475. The summed E-state index contributed by atoms with van der Waals surface area (Å²) >= 11 is 12.2. The second-order valence-corrected chi connectivity index (χ2v) is 11.2. The lowest BCUT2D eigenvalue weighted by atomic mass is 10.1. The largest absolute Gasteiger partial charge is 0.372 e. The number of nitrogens with one attached hydrogen (secondary N) is 1. The number of piperidine rings is 1. The summed E-state index contributed by atoms with van der Waals surface area (Å²) in [4.78, 5) is 15.4. The minimum absolute atomic E-state index is 0.0767. The Morgan fingerprint density at radius 1 is 0.914 bits per heavy atom. The van der Waals surface area contributed by atoms with Crippen LogP contribution in [0, 0.1) is 6.92 Å².